The predicted octanol–water partition coefficient (Wildman–Crippen LogP) is 12.5. The standard InChI is InChI=1S/C37H32O7S2.C12H22O2.C9H18NO2.C8H14O2.C5H8O2/c1-22-8-7-9-23(2)31(22)18-26-13-15-28-34(20-26)43-35-21-27(19-32-24(3)12-17-33(25(32)4)44-45(38)39)14-16-29(35)37(28)30-10-5-6-11-36(30)46(40,41)42;1-5-7-8-11(6-2)9-14-12(13)10(3)4;1-8(2)9(11)12-7-6-10(3,4)5;1-4-5-6-10-8(9)7(2)3;1-4(2)5(6)7-3/h5-17,19-21H,18H2,1-4H3,(H,38,39)(H,40,41,42);11H,3,5-9H2,1-2,4H3;1,6-7H2,2-5H3;2,4-6H2,1,3H3;1H2,2-3H3/q;;+1;;/p-2/b27-19+;;;;. The van der Waals surface area contributed by atoms with Gasteiger partial charge in [0.1, 0.15) is 51.9 Å². The number of hydrogen-bond acceptors (Lipinski definition) is 15. The molecule has 0 spiro atoms. The van der Waals surface area contributed by atoms with Gasteiger partial charge in [0.05, 0.1) is 46.4 Å². The van der Waals surface area contributed by atoms with Crippen molar-refractivity contribution in [2.75, 3.05) is 54.6 Å². The van der Waals surface area contributed by atoms with E-state index in [4.69, 9.17) is 23.1 Å². The highest BCUT2D eigenvalue weighted by molar-refractivity contribution is 7.85. The van der Waals surface area contributed by atoms with Gasteiger partial charge in [0.15, 0.2) is 0 Å². The lowest BCUT2D eigenvalue weighted by Crippen LogP contribution is -2.38. The molecule has 0 saturated carbocycles. The highest BCUT2D eigenvalue weighted by atomic mass is 32.2. The Kier molecular flexibility index (Phi) is 33.0. The molecule has 0 radical (unpaired) electrons. The summed E-state index contributed by atoms with van der Waals surface area (Å²) >= 11 is -2.71. The molecule has 18 heteroatoms. The van der Waals surface area contributed by atoms with Crippen LogP contribution in [0, 0.1) is 33.6 Å². The van der Waals surface area contributed by atoms with Gasteiger partial charge in [-0.25, -0.2) is 31.8 Å². The molecule has 6 rings (SSSR count). The van der Waals surface area contributed by atoms with E-state index in [1.54, 1.807) is 58.9 Å². The number of unbranched alkanes of at least 4 members (excludes halogenated alkanes) is 2. The summed E-state index contributed by atoms with van der Waals surface area (Å²) in [4.78, 5) is 42.6. The van der Waals surface area contributed by atoms with Gasteiger partial charge < -0.3 is 41.5 Å². The van der Waals surface area contributed by atoms with Crippen LogP contribution in [0.5, 0.6) is 17.2 Å². The van der Waals surface area contributed by atoms with Gasteiger partial charge in [0.25, 0.3) is 0 Å². The highest BCUT2D eigenvalue weighted by Crippen LogP contribution is 2.39. The molecule has 0 fully saturated rings. The molecule has 1 heterocycles. The summed E-state index contributed by atoms with van der Waals surface area (Å²) in [5.41, 5.74) is 10.4. The van der Waals surface area contributed by atoms with E-state index in [1.807, 2.05) is 55.5 Å². The van der Waals surface area contributed by atoms with Gasteiger partial charge >= 0.3 is 23.9 Å². The van der Waals surface area contributed by atoms with Gasteiger partial charge in [-0.05, 0) is 156 Å². The van der Waals surface area contributed by atoms with Crippen LogP contribution in [-0.2, 0) is 66.0 Å². The first-order chi connectivity index (χ1) is 41.7. The molecule has 5 aromatic carbocycles. The lowest BCUT2D eigenvalue weighted by atomic mass is 9.90. The topological polar surface area (TPSA) is 221 Å². The smallest absolute Gasteiger partial charge is 0.333 e. The second kappa shape index (κ2) is 38.0. The van der Waals surface area contributed by atoms with Crippen LogP contribution in [0.2, 0.25) is 0 Å². The Bertz CT molecular complexity index is 3560. The number of esters is 4. The third kappa shape index (κ3) is 26.9. The first-order valence-electron chi connectivity index (χ1n) is 29.4. The van der Waals surface area contributed by atoms with Crippen LogP contribution >= 0.6 is 0 Å². The SMILES string of the molecule is C=C(C)C(=O)OC.C=C(C)C(=O)OCC(CC)CCCC.C=C(C)C(=O)OCCCC.C=C(C)C(=O)OCC[N+](C)(C)C.Cc1ccc(OS(=O)[O-])c(C)c1/C=c1\ccc2c(c1)Oc1cc(Cc3c(C)cccc3C)ccc1C=2c1ccccc1S(=O)(=O)[O-]. The Labute approximate surface area is 531 Å². The molecule has 0 aromatic heterocycles. The first-order valence-corrected chi connectivity index (χ1v) is 31.8. The normalized spacial score (nSPS) is 12.0. The Morgan fingerprint density at radius 2 is 1.25 bits per heavy atom. The van der Waals surface area contributed by atoms with Gasteiger partial charge in [0, 0.05) is 49.8 Å². The number of carbonyl (C=O) groups is 4. The van der Waals surface area contributed by atoms with E-state index in [0.717, 1.165) is 58.6 Å². The Morgan fingerprint density at radius 1 is 0.674 bits per heavy atom. The largest absolute Gasteiger partial charge is 0.744 e. The molecule has 0 bridgehead atoms. The lowest BCUT2D eigenvalue weighted by molar-refractivity contribution is -0.870. The van der Waals surface area contributed by atoms with Crippen molar-refractivity contribution in [3.8, 4) is 17.2 Å². The summed E-state index contributed by atoms with van der Waals surface area (Å²) < 4.78 is 91.1. The average Bonchev–Trinajstić information content (AvgIpc) is 1.38. The fourth-order valence-corrected chi connectivity index (χ4v) is 9.43. The third-order valence-electron chi connectivity index (χ3n) is 13.7. The molecule has 16 nitrogen and oxygen atoms in total. The van der Waals surface area contributed by atoms with E-state index in [9.17, 15) is 40.9 Å². The predicted molar refractivity (Wildman–Crippen MR) is 351 cm³/mol. The fourth-order valence-electron chi connectivity index (χ4n) is 8.42. The van der Waals surface area contributed by atoms with Crippen LogP contribution in [0.1, 0.15) is 137 Å². The lowest BCUT2D eigenvalue weighted by Gasteiger charge is -2.24. The van der Waals surface area contributed by atoms with Crippen LogP contribution in [0.15, 0.2) is 144 Å². The zero-order chi connectivity index (χ0) is 67.3. The molecule has 2 unspecified atom stereocenters. The summed E-state index contributed by atoms with van der Waals surface area (Å²) in [7, 11) is 2.69. The first kappa shape index (κ1) is 77.4. The molecule has 0 saturated heterocycles. The number of methoxy groups -OCH3 is 1. The number of hydrogen-bond donors (Lipinski definition) is 0. The molecule has 89 heavy (non-hydrogen) atoms. The van der Waals surface area contributed by atoms with Crippen molar-refractivity contribution in [1.82, 2.24) is 0 Å². The summed E-state index contributed by atoms with van der Waals surface area (Å²) in [5.74, 6) is 0.579. The van der Waals surface area contributed by atoms with E-state index in [-0.39, 0.29) is 34.5 Å². The summed E-state index contributed by atoms with van der Waals surface area (Å²) in [5, 5.41) is 1.40. The minimum Gasteiger partial charge on any atom is -0.744 e. The summed E-state index contributed by atoms with van der Waals surface area (Å²) in [6, 6.07) is 27.3. The Hall–Kier alpha value is -7.74. The van der Waals surface area contributed by atoms with E-state index in [0.29, 0.717) is 93.4 Å². The van der Waals surface area contributed by atoms with Crippen molar-refractivity contribution in [1.29, 1.82) is 0 Å². The van der Waals surface area contributed by atoms with E-state index in [2.05, 4.69) is 98.9 Å². The number of rotatable bonds is 23. The van der Waals surface area contributed by atoms with Gasteiger partial charge in [-0.1, -0.05) is 133 Å². The minimum absolute atomic E-state index is 0.232. The second-order valence-corrected chi connectivity index (χ2v) is 24.6. The third-order valence-corrected chi connectivity index (χ3v) is 14.9. The number of nitrogens with zero attached hydrogens (tertiary/aromatic N) is 1. The molecule has 0 amide bonds. The molecule has 0 aliphatic carbocycles. The zero-order valence-electron chi connectivity index (χ0n) is 54.8. The zero-order valence-corrected chi connectivity index (χ0v) is 56.4. The monoisotopic (exact) mass is 1260 g/mol. The molecule has 1 aliphatic heterocycles. The number of fused-ring (bicyclic) bond motifs is 2. The highest BCUT2D eigenvalue weighted by Gasteiger charge is 2.24. The van der Waals surface area contributed by atoms with Crippen LogP contribution in [0.4, 0.5) is 0 Å². The molecule has 484 valence electrons. The van der Waals surface area contributed by atoms with Crippen LogP contribution in [0.25, 0.3) is 11.6 Å². The number of benzene rings is 5. The van der Waals surface area contributed by atoms with E-state index in [1.165, 1.54) is 48.8 Å². The number of aryl methyl sites for hydroxylation is 3. The minimum atomic E-state index is -4.79. The van der Waals surface area contributed by atoms with Crippen LogP contribution in [0.3, 0.4) is 0 Å². The maximum atomic E-state index is 12.4. The maximum Gasteiger partial charge on any atom is 0.333 e. The molecule has 1 aliphatic rings. The number of likely N-dealkylation sites (N-methyl/N-ethyl adjacent to an activating group) is 1. The quantitative estimate of drug-likeness (QED) is 0.0111. The van der Waals surface area contributed by atoms with E-state index < -0.39 is 21.5 Å². The Balaban J connectivity index is 0.000000507. The summed E-state index contributed by atoms with van der Waals surface area (Å²) in [6.07, 6.45) is 9.20. The number of quaternary nitrogens is 1. The van der Waals surface area contributed by atoms with Crippen molar-refractivity contribution in [2.45, 2.75) is 126 Å². The van der Waals surface area contributed by atoms with Crippen molar-refractivity contribution >= 4 is 57.0 Å². The molecule has 5 aromatic rings. The van der Waals surface area contributed by atoms with Crippen LogP contribution < -0.4 is 19.4 Å². The molecule has 0 N–H and O–H groups in total. The van der Waals surface area contributed by atoms with E-state index >= 15 is 0 Å². The van der Waals surface area contributed by atoms with Crippen LogP contribution in [-0.4, -0.2) is 105 Å². The van der Waals surface area contributed by atoms with Gasteiger partial charge in [-0.3, -0.25) is 0 Å². The van der Waals surface area contributed by atoms with Gasteiger partial charge in [0.2, 0.25) is 0 Å². The number of carbonyl (C=O) groups excluding carboxylic acids is 4. The van der Waals surface area contributed by atoms with Crippen molar-refractivity contribution in [2.24, 2.45) is 5.92 Å². The van der Waals surface area contributed by atoms with Gasteiger partial charge in [-0.2, -0.15) is 0 Å². The van der Waals surface area contributed by atoms with Gasteiger partial charge in [-0.15, -0.1) is 0 Å². The molecule has 2 atom stereocenters. The average molecular weight is 1260 g/mol. The van der Waals surface area contributed by atoms with Crippen molar-refractivity contribution in [3.05, 3.63) is 200 Å². The summed E-state index contributed by atoms with van der Waals surface area (Å²) in [6.45, 7) is 37.0. The van der Waals surface area contributed by atoms with Crippen molar-refractivity contribution < 1.29 is 73.3 Å². The fraction of sp³-hybridized carbons (Fsp3) is 0.380. The number of ether oxygens (including phenoxy) is 5. The van der Waals surface area contributed by atoms with Crippen molar-refractivity contribution in [3.63, 3.8) is 0 Å². The molecular formula is C71H92NO15S2-. The molecular weight excluding hydrogens is 1170 g/mol. The Morgan fingerprint density at radius 3 is 1.76 bits per heavy atom. The maximum absolute atomic E-state index is 12.4. The second-order valence-electron chi connectivity index (χ2n) is 22.7.